The van der Waals surface area contributed by atoms with Crippen LogP contribution in [0.5, 0.6) is 0 Å². The van der Waals surface area contributed by atoms with Gasteiger partial charge in [-0.1, -0.05) is 44.2 Å². The Morgan fingerprint density at radius 1 is 0.806 bits per heavy atom. The lowest BCUT2D eigenvalue weighted by atomic mass is 10.0. The molecule has 0 unspecified atom stereocenters. The molecule has 0 atom stereocenters. The van der Waals surface area contributed by atoms with Crippen molar-refractivity contribution in [1.29, 1.82) is 0 Å². The van der Waals surface area contributed by atoms with Crippen LogP contribution in [0.2, 0.25) is 0 Å². The second-order valence-corrected chi connectivity index (χ2v) is 9.10. The van der Waals surface area contributed by atoms with Gasteiger partial charge in [0.1, 0.15) is 0 Å². The largest absolute Gasteiger partial charge is 0.465 e. The Kier molecular flexibility index (Phi) is 7.68. The quantitative estimate of drug-likeness (QED) is 0.507. The maximum absolute atomic E-state index is 13.1. The molecule has 36 heavy (non-hydrogen) atoms. The summed E-state index contributed by atoms with van der Waals surface area (Å²) in [5.74, 6) is -0.351. The summed E-state index contributed by atoms with van der Waals surface area (Å²) in [6.07, 6.45) is 0. The van der Waals surface area contributed by atoms with E-state index in [1.54, 1.807) is 12.1 Å². The zero-order valence-corrected chi connectivity index (χ0v) is 20.9. The summed E-state index contributed by atoms with van der Waals surface area (Å²) in [5, 5.41) is 2.98. The van der Waals surface area contributed by atoms with E-state index in [0.717, 1.165) is 11.3 Å². The maximum Gasteiger partial charge on any atom is 0.337 e. The van der Waals surface area contributed by atoms with Gasteiger partial charge >= 0.3 is 5.97 Å². The van der Waals surface area contributed by atoms with Crippen molar-refractivity contribution in [3.8, 4) is 0 Å². The summed E-state index contributed by atoms with van der Waals surface area (Å²) >= 11 is 0. The highest BCUT2D eigenvalue weighted by atomic mass is 16.5. The van der Waals surface area contributed by atoms with Crippen molar-refractivity contribution in [1.82, 2.24) is 4.90 Å². The van der Waals surface area contributed by atoms with Crippen molar-refractivity contribution in [2.75, 3.05) is 43.5 Å². The minimum Gasteiger partial charge on any atom is -0.465 e. The van der Waals surface area contributed by atoms with Gasteiger partial charge in [-0.05, 0) is 53.9 Å². The molecule has 1 aliphatic rings. The molecule has 0 aliphatic carbocycles. The number of anilines is 2. The Labute approximate surface area is 211 Å². The third-order valence-corrected chi connectivity index (χ3v) is 6.43. The predicted molar refractivity (Wildman–Crippen MR) is 141 cm³/mol. The van der Waals surface area contributed by atoms with E-state index in [1.165, 1.54) is 7.11 Å². The van der Waals surface area contributed by atoms with E-state index in [0.29, 0.717) is 54.5 Å². The molecule has 7 nitrogen and oxygen atoms in total. The number of carbonyl (C=O) groups is 3. The summed E-state index contributed by atoms with van der Waals surface area (Å²) in [6, 6.07) is 21.9. The van der Waals surface area contributed by atoms with Crippen molar-refractivity contribution >= 4 is 29.2 Å². The molecule has 1 aliphatic heterocycles. The minimum atomic E-state index is -0.475. The van der Waals surface area contributed by atoms with Crippen molar-refractivity contribution in [3.63, 3.8) is 0 Å². The highest BCUT2D eigenvalue weighted by molar-refractivity contribution is 6.07. The number of benzene rings is 3. The lowest BCUT2D eigenvalue weighted by Gasteiger charge is -2.37. The Hall–Kier alpha value is -4.13. The molecule has 3 aromatic rings. The molecular weight excluding hydrogens is 454 g/mol. The van der Waals surface area contributed by atoms with E-state index in [-0.39, 0.29) is 11.8 Å². The van der Waals surface area contributed by atoms with Crippen LogP contribution in [-0.4, -0.2) is 56.0 Å². The molecule has 186 valence electrons. The fraction of sp³-hybridized carbons (Fsp3) is 0.276. The number of ether oxygens (including phenoxy) is 1. The van der Waals surface area contributed by atoms with E-state index in [9.17, 15) is 14.4 Å². The molecule has 0 saturated carbocycles. The summed E-state index contributed by atoms with van der Waals surface area (Å²) in [7, 11) is 1.33. The van der Waals surface area contributed by atoms with Crippen LogP contribution in [-0.2, 0) is 4.74 Å². The molecule has 0 aromatic heterocycles. The first-order chi connectivity index (χ1) is 17.4. The van der Waals surface area contributed by atoms with Gasteiger partial charge in [-0.25, -0.2) is 4.79 Å². The van der Waals surface area contributed by atoms with Gasteiger partial charge in [-0.15, -0.1) is 0 Å². The average Bonchev–Trinajstić information content (AvgIpc) is 2.92. The number of nitrogens with one attached hydrogen (secondary N) is 1. The molecular formula is C29H31N3O4. The van der Waals surface area contributed by atoms with Gasteiger partial charge in [0.15, 0.2) is 0 Å². The van der Waals surface area contributed by atoms with Gasteiger partial charge in [0.2, 0.25) is 0 Å². The SMILES string of the molecule is COC(=O)c1ccc(N2CCN(C(=O)c3ccccc3)CC2)c(NC(=O)c2ccc(C(C)C)cc2)c1. The zero-order chi connectivity index (χ0) is 25.7. The van der Waals surface area contributed by atoms with E-state index in [2.05, 4.69) is 24.1 Å². The van der Waals surface area contributed by atoms with Crippen molar-refractivity contribution < 1.29 is 19.1 Å². The Morgan fingerprint density at radius 3 is 2.06 bits per heavy atom. The monoisotopic (exact) mass is 485 g/mol. The van der Waals surface area contributed by atoms with Gasteiger partial charge in [0.25, 0.3) is 11.8 Å². The number of esters is 1. The van der Waals surface area contributed by atoms with E-state index in [4.69, 9.17) is 4.74 Å². The summed E-state index contributed by atoms with van der Waals surface area (Å²) in [6.45, 7) is 6.51. The first-order valence-electron chi connectivity index (χ1n) is 12.1. The summed E-state index contributed by atoms with van der Waals surface area (Å²) in [4.78, 5) is 42.0. The van der Waals surface area contributed by atoms with Crippen LogP contribution in [0, 0.1) is 0 Å². The Bertz CT molecular complexity index is 1230. The second kappa shape index (κ2) is 11.1. The number of hydrogen-bond acceptors (Lipinski definition) is 5. The van der Waals surface area contributed by atoms with Gasteiger partial charge in [0, 0.05) is 37.3 Å². The van der Waals surface area contributed by atoms with Crippen LogP contribution in [0.4, 0.5) is 11.4 Å². The predicted octanol–water partition coefficient (Wildman–Crippen LogP) is 4.81. The third-order valence-electron chi connectivity index (χ3n) is 6.43. The lowest BCUT2D eigenvalue weighted by Crippen LogP contribution is -2.49. The third kappa shape index (κ3) is 5.57. The van der Waals surface area contributed by atoms with Crippen LogP contribution in [0.15, 0.2) is 72.8 Å². The van der Waals surface area contributed by atoms with Crippen LogP contribution in [0.25, 0.3) is 0 Å². The number of piperazine rings is 1. The molecule has 1 heterocycles. The minimum absolute atomic E-state index is 0.00894. The molecule has 1 N–H and O–H groups in total. The van der Waals surface area contributed by atoms with Crippen molar-refractivity contribution in [2.45, 2.75) is 19.8 Å². The van der Waals surface area contributed by atoms with Crippen LogP contribution in [0.3, 0.4) is 0 Å². The van der Waals surface area contributed by atoms with Gasteiger partial charge in [0.05, 0.1) is 24.0 Å². The zero-order valence-electron chi connectivity index (χ0n) is 20.9. The molecule has 2 amide bonds. The lowest BCUT2D eigenvalue weighted by molar-refractivity contribution is 0.0600. The highest BCUT2D eigenvalue weighted by Gasteiger charge is 2.24. The Balaban J connectivity index is 1.53. The molecule has 7 heteroatoms. The van der Waals surface area contributed by atoms with Gasteiger partial charge < -0.3 is 19.9 Å². The second-order valence-electron chi connectivity index (χ2n) is 9.10. The van der Waals surface area contributed by atoms with Crippen LogP contribution >= 0.6 is 0 Å². The number of hydrogen-bond donors (Lipinski definition) is 1. The fourth-order valence-electron chi connectivity index (χ4n) is 4.28. The fourth-order valence-corrected chi connectivity index (χ4v) is 4.28. The number of carbonyl (C=O) groups excluding carboxylic acids is 3. The highest BCUT2D eigenvalue weighted by Crippen LogP contribution is 2.30. The maximum atomic E-state index is 13.1. The van der Waals surface area contributed by atoms with Gasteiger partial charge in [-0.2, -0.15) is 0 Å². The topological polar surface area (TPSA) is 79.0 Å². The van der Waals surface area contributed by atoms with E-state index in [1.807, 2.05) is 65.6 Å². The molecule has 0 radical (unpaired) electrons. The molecule has 0 bridgehead atoms. The van der Waals surface area contributed by atoms with E-state index >= 15 is 0 Å². The molecule has 3 aromatic carbocycles. The Morgan fingerprint density at radius 2 is 1.44 bits per heavy atom. The molecule has 1 saturated heterocycles. The van der Waals surface area contributed by atoms with E-state index < -0.39 is 5.97 Å². The van der Waals surface area contributed by atoms with Crippen LogP contribution < -0.4 is 10.2 Å². The number of nitrogens with zero attached hydrogens (tertiary/aromatic N) is 2. The smallest absolute Gasteiger partial charge is 0.337 e. The molecule has 4 rings (SSSR count). The van der Waals surface area contributed by atoms with Gasteiger partial charge in [-0.3, -0.25) is 9.59 Å². The number of amides is 2. The van der Waals surface area contributed by atoms with Crippen LogP contribution in [0.1, 0.15) is 56.4 Å². The first kappa shape index (κ1) is 25.0. The average molecular weight is 486 g/mol. The molecule has 0 spiro atoms. The standard InChI is InChI=1S/C29H31N3O4/c1-20(2)21-9-11-22(12-10-21)27(33)30-25-19-24(29(35)36-3)13-14-26(25)31-15-17-32(18-16-31)28(34)23-7-5-4-6-8-23/h4-14,19-20H,15-18H2,1-3H3,(H,30,33). The summed E-state index contributed by atoms with van der Waals surface area (Å²) in [5.41, 5.74) is 4.03. The summed E-state index contributed by atoms with van der Waals surface area (Å²) < 4.78 is 4.87. The first-order valence-corrected chi connectivity index (χ1v) is 12.1. The molecule has 1 fully saturated rings. The van der Waals surface area contributed by atoms with Crippen molar-refractivity contribution in [3.05, 3.63) is 95.1 Å². The van der Waals surface area contributed by atoms with Crippen molar-refractivity contribution in [2.24, 2.45) is 0 Å². The number of methoxy groups -OCH3 is 1. The number of rotatable bonds is 6. The normalized spacial score (nSPS) is 13.4.